The van der Waals surface area contributed by atoms with Crippen LogP contribution in [0, 0.1) is 0 Å². The Labute approximate surface area is 183 Å². The monoisotopic (exact) mass is 411 g/mol. The molecular weight excluding hydrogens is 370 g/mol. The number of fused-ring (bicyclic) bond motifs is 2. The van der Waals surface area contributed by atoms with Crippen LogP contribution in [0.15, 0.2) is 12.4 Å². The van der Waals surface area contributed by atoms with E-state index in [-0.39, 0.29) is 0 Å². The van der Waals surface area contributed by atoms with Crippen molar-refractivity contribution >= 4 is 5.95 Å². The molecule has 3 saturated heterocycles. The Kier molecular flexibility index (Phi) is 6.29. The fourth-order valence-electron chi connectivity index (χ4n) is 6.61. The largest absolute Gasteiger partial charge is 0.332 e. The van der Waals surface area contributed by atoms with E-state index in [0.717, 1.165) is 12.0 Å². The van der Waals surface area contributed by atoms with Crippen molar-refractivity contribution in [2.24, 2.45) is 0 Å². The SMILES string of the molecule is CC(C)N1CC2CCCC(C1)N2c1ncc(C2CCN(C3CCCCC3)CC2)cn1. The molecule has 2 unspecified atom stereocenters. The molecule has 0 spiro atoms. The number of anilines is 1. The fourth-order valence-corrected chi connectivity index (χ4v) is 6.61. The summed E-state index contributed by atoms with van der Waals surface area (Å²) in [6, 6.07) is 2.68. The summed E-state index contributed by atoms with van der Waals surface area (Å²) < 4.78 is 0. The van der Waals surface area contributed by atoms with E-state index in [0.29, 0.717) is 24.0 Å². The van der Waals surface area contributed by atoms with E-state index in [1.165, 1.54) is 96.0 Å². The van der Waals surface area contributed by atoms with Crippen LogP contribution in [0.5, 0.6) is 0 Å². The van der Waals surface area contributed by atoms with Gasteiger partial charge < -0.3 is 9.80 Å². The number of hydrogen-bond donors (Lipinski definition) is 0. The number of likely N-dealkylation sites (tertiary alicyclic amines) is 2. The van der Waals surface area contributed by atoms with E-state index >= 15 is 0 Å². The molecule has 4 aliphatic rings. The molecule has 1 saturated carbocycles. The molecule has 1 aliphatic carbocycles. The Morgan fingerprint density at radius 1 is 0.767 bits per heavy atom. The van der Waals surface area contributed by atoms with Crippen LogP contribution < -0.4 is 4.90 Å². The van der Waals surface area contributed by atoms with Crippen molar-refractivity contribution in [2.75, 3.05) is 31.1 Å². The first-order chi connectivity index (χ1) is 14.7. The summed E-state index contributed by atoms with van der Waals surface area (Å²) in [5, 5.41) is 0. The first kappa shape index (κ1) is 20.7. The molecule has 2 atom stereocenters. The van der Waals surface area contributed by atoms with E-state index in [1.54, 1.807) is 0 Å². The predicted molar refractivity (Wildman–Crippen MR) is 123 cm³/mol. The second kappa shape index (κ2) is 9.12. The number of piperazine rings is 1. The van der Waals surface area contributed by atoms with Crippen LogP contribution in [0.2, 0.25) is 0 Å². The highest BCUT2D eigenvalue weighted by molar-refractivity contribution is 5.37. The summed E-state index contributed by atoms with van der Waals surface area (Å²) in [7, 11) is 0. The van der Waals surface area contributed by atoms with Gasteiger partial charge in [-0.3, -0.25) is 4.90 Å². The summed E-state index contributed by atoms with van der Waals surface area (Å²) in [5.41, 5.74) is 1.37. The van der Waals surface area contributed by atoms with Gasteiger partial charge in [-0.05, 0) is 83.4 Å². The molecular formula is C25H41N5. The van der Waals surface area contributed by atoms with Gasteiger partial charge in [-0.25, -0.2) is 9.97 Å². The van der Waals surface area contributed by atoms with Crippen LogP contribution in [-0.2, 0) is 0 Å². The molecule has 2 bridgehead atoms. The van der Waals surface area contributed by atoms with Gasteiger partial charge in [0.2, 0.25) is 5.95 Å². The average Bonchev–Trinajstić information content (AvgIpc) is 2.79. The topological polar surface area (TPSA) is 35.5 Å². The van der Waals surface area contributed by atoms with Gasteiger partial charge in [0.25, 0.3) is 0 Å². The maximum atomic E-state index is 4.92. The standard InChI is InChI=1S/C25H41N5/c1-19(2)29-17-23-9-6-10-24(18-29)30(23)25-26-15-21(16-27-25)20-11-13-28(14-12-20)22-7-4-3-5-8-22/h15-16,19-20,22-24H,3-14,17-18H2,1-2H3. The van der Waals surface area contributed by atoms with E-state index < -0.39 is 0 Å². The molecule has 166 valence electrons. The molecule has 0 radical (unpaired) electrons. The molecule has 1 aromatic rings. The number of rotatable bonds is 4. The highest BCUT2D eigenvalue weighted by Gasteiger charge is 2.39. The first-order valence-electron chi connectivity index (χ1n) is 12.8. The zero-order valence-corrected chi connectivity index (χ0v) is 19.2. The van der Waals surface area contributed by atoms with Gasteiger partial charge in [0.05, 0.1) is 0 Å². The number of nitrogens with zero attached hydrogens (tertiary/aromatic N) is 5. The van der Waals surface area contributed by atoms with Crippen molar-refractivity contribution < 1.29 is 0 Å². The van der Waals surface area contributed by atoms with Gasteiger partial charge in [-0.1, -0.05) is 19.3 Å². The first-order valence-corrected chi connectivity index (χ1v) is 12.8. The number of aromatic nitrogens is 2. The summed E-state index contributed by atoms with van der Waals surface area (Å²) >= 11 is 0. The molecule has 5 nitrogen and oxygen atoms in total. The van der Waals surface area contributed by atoms with E-state index in [9.17, 15) is 0 Å². The van der Waals surface area contributed by atoms with Crippen LogP contribution in [0.4, 0.5) is 5.95 Å². The summed E-state index contributed by atoms with van der Waals surface area (Å²) in [5.74, 6) is 1.63. The van der Waals surface area contributed by atoms with Gasteiger partial charge in [-0.2, -0.15) is 0 Å². The minimum atomic E-state index is 0.587. The lowest BCUT2D eigenvalue weighted by molar-refractivity contribution is 0.121. The van der Waals surface area contributed by atoms with Gasteiger partial charge in [-0.15, -0.1) is 0 Å². The molecule has 1 aromatic heterocycles. The minimum Gasteiger partial charge on any atom is -0.332 e. The molecule has 5 rings (SSSR count). The minimum absolute atomic E-state index is 0.587. The normalized spacial score (nSPS) is 30.2. The lowest BCUT2D eigenvalue weighted by atomic mass is 9.88. The summed E-state index contributed by atoms with van der Waals surface area (Å²) in [6.07, 6.45) is 18.0. The zero-order chi connectivity index (χ0) is 20.5. The van der Waals surface area contributed by atoms with Crippen molar-refractivity contribution in [3.8, 4) is 0 Å². The molecule has 4 fully saturated rings. The van der Waals surface area contributed by atoms with E-state index in [2.05, 4.69) is 40.9 Å². The fraction of sp³-hybridized carbons (Fsp3) is 0.840. The Balaban J connectivity index is 1.21. The van der Waals surface area contributed by atoms with Crippen LogP contribution in [0.25, 0.3) is 0 Å². The molecule has 0 amide bonds. The average molecular weight is 412 g/mol. The third kappa shape index (κ3) is 4.25. The summed E-state index contributed by atoms with van der Waals surface area (Å²) in [4.78, 5) is 17.8. The Morgan fingerprint density at radius 2 is 1.37 bits per heavy atom. The second-order valence-electron chi connectivity index (χ2n) is 10.6. The van der Waals surface area contributed by atoms with E-state index in [1.807, 2.05) is 0 Å². The van der Waals surface area contributed by atoms with E-state index in [4.69, 9.17) is 9.97 Å². The summed E-state index contributed by atoms with van der Waals surface area (Å²) in [6.45, 7) is 9.51. The molecule has 5 heteroatoms. The van der Waals surface area contributed by atoms with Crippen LogP contribution in [0.1, 0.15) is 89.5 Å². The van der Waals surface area contributed by atoms with Crippen molar-refractivity contribution in [1.29, 1.82) is 0 Å². The zero-order valence-electron chi connectivity index (χ0n) is 19.2. The van der Waals surface area contributed by atoms with Crippen LogP contribution >= 0.6 is 0 Å². The third-order valence-electron chi connectivity index (χ3n) is 8.46. The van der Waals surface area contributed by atoms with Crippen LogP contribution in [0.3, 0.4) is 0 Å². The van der Waals surface area contributed by atoms with Crippen molar-refractivity contribution in [3.05, 3.63) is 18.0 Å². The Morgan fingerprint density at radius 3 is 1.97 bits per heavy atom. The molecule has 3 aliphatic heterocycles. The van der Waals surface area contributed by atoms with Crippen molar-refractivity contribution in [3.63, 3.8) is 0 Å². The number of piperidine rings is 2. The van der Waals surface area contributed by atoms with Crippen LogP contribution in [-0.4, -0.2) is 70.1 Å². The third-order valence-corrected chi connectivity index (χ3v) is 8.46. The highest BCUT2D eigenvalue weighted by Crippen LogP contribution is 2.34. The molecule has 0 N–H and O–H groups in total. The van der Waals surface area contributed by atoms with Crippen molar-refractivity contribution in [1.82, 2.24) is 19.8 Å². The maximum absolute atomic E-state index is 4.92. The van der Waals surface area contributed by atoms with Gasteiger partial charge in [0, 0.05) is 49.7 Å². The molecule has 4 heterocycles. The lowest BCUT2D eigenvalue weighted by Crippen LogP contribution is -2.62. The smallest absolute Gasteiger partial charge is 0.225 e. The number of hydrogen-bond acceptors (Lipinski definition) is 5. The second-order valence-corrected chi connectivity index (χ2v) is 10.6. The molecule has 0 aromatic carbocycles. The lowest BCUT2D eigenvalue weighted by Gasteiger charge is -2.51. The van der Waals surface area contributed by atoms with Gasteiger partial charge in [0.15, 0.2) is 0 Å². The van der Waals surface area contributed by atoms with Crippen molar-refractivity contribution in [2.45, 2.75) is 108 Å². The highest BCUT2D eigenvalue weighted by atomic mass is 15.4. The molecule has 30 heavy (non-hydrogen) atoms. The Bertz CT molecular complexity index is 661. The Hall–Kier alpha value is -1.20. The predicted octanol–water partition coefficient (Wildman–Crippen LogP) is 4.44. The van der Waals surface area contributed by atoms with Gasteiger partial charge in [0.1, 0.15) is 0 Å². The maximum Gasteiger partial charge on any atom is 0.225 e. The quantitative estimate of drug-likeness (QED) is 0.732. The van der Waals surface area contributed by atoms with Gasteiger partial charge >= 0.3 is 0 Å².